The SMILES string of the molecule is C=C1CC[C@@H](O)C/C1=C/C=C1\C[C@H](O)C[C@]2(C)[C@@H]([C@H](C)O)CC[C@@H]12. The second-order valence-corrected chi connectivity index (χ2v) is 8.48. The fraction of sp³-hybridized carbons (Fsp3) is 0.714. The minimum atomic E-state index is -0.324. The van der Waals surface area contributed by atoms with Gasteiger partial charge in [0.1, 0.15) is 0 Å². The normalized spacial score (nSPS) is 44.8. The van der Waals surface area contributed by atoms with Crippen molar-refractivity contribution in [2.24, 2.45) is 17.3 Å². The van der Waals surface area contributed by atoms with E-state index in [2.05, 4.69) is 25.7 Å². The minimum Gasteiger partial charge on any atom is -0.393 e. The first-order valence-corrected chi connectivity index (χ1v) is 9.43. The van der Waals surface area contributed by atoms with E-state index in [1.165, 1.54) is 5.57 Å². The number of allylic oxidation sites excluding steroid dienone is 3. The molecule has 3 heteroatoms. The highest BCUT2D eigenvalue weighted by Crippen LogP contribution is 2.58. The lowest BCUT2D eigenvalue weighted by atomic mass is 9.61. The maximum absolute atomic E-state index is 10.4. The van der Waals surface area contributed by atoms with Crippen LogP contribution in [0, 0.1) is 17.3 Å². The molecule has 3 fully saturated rings. The number of hydrogen-bond acceptors (Lipinski definition) is 3. The predicted octanol–water partition coefficient (Wildman–Crippen LogP) is 3.51. The molecular formula is C21H32O3. The lowest BCUT2D eigenvalue weighted by molar-refractivity contribution is -0.0110. The summed E-state index contributed by atoms with van der Waals surface area (Å²) < 4.78 is 0. The molecule has 3 N–H and O–H groups in total. The Bertz CT molecular complexity index is 559. The number of aliphatic hydroxyl groups is 3. The molecule has 0 spiro atoms. The number of aliphatic hydroxyl groups excluding tert-OH is 3. The van der Waals surface area contributed by atoms with E-state index in [0.29, 0.717) is 12.3 Å². The molecular weight excluding hydrogens is 300 g/mol. The number of rotatable bonds is 2. The smallest absolute Gasteiger partial charge is 0.0583 e. The molecule has 6 atom stereocenters. The van der Waals surface area contributed by atoms with E-state index in [-0.39, 0.29) is 29.6 Å². The van der Waals surface area contributed by atoms with Crippen LogP contribution >= 0.6 is 0 Å². The van der Waals surface area contributed by atoms with Gasteiger partial charge in [0.2, 0.25) is 0 Å². The van der Waals surface area contributed by atoms with Gasteiger partial charge in [-0.05, 0) is 74.7 Å². The van der Waals surface area contributed by atoms with Gasteiger partial charge in [-0.2, -0.15) is 0 Å². The molecule has 0 aromatic heterocycles. The van der Waals surface area contributed by atoms with Gasteiger partial charge in [0.25, 0.3) is 0 Å². The fourth-order valence-corrected chi connectivity index (χ4v) is 5.53. The quantitative estimate of drug-likeness (QED) is 0.725. The molecule has 3 aliphatic carbocycles. The van der Waals surface area contributed by atoms with Gasteiger partial charge in [0.05, 0.1) is 18.3 Å². The molecule has 0 unspecified atom stereocenters. The lowest BCUT2D eigenvalue weighted by Crippen LogP contribution is -2.42. The van der Waals surface area contributed by atoms with Crippen molar-refractivity contribution in [3.63, 3.8) is 0 Å². The summed E-state index contributed by atoms with van der Waals surface area (Å²) in [7, 11) is 0. The largest absolute Gasteiger partial charge is 0.393 e. The average molecular weight is 332 g/mol. The van der Waals surface area contributed by atoms with Gasteiger partial charge < -0.3 is 15.3 Å². The van der Waals surface area contributed by atoms with E-state index in [4.69, 9.17) is 0 Å². The Morgan fingerprint density at radius 1 is 1.12 bits per heavy atom. The molecule has 0 aromatic carbocycles. The van der Waals surface area contributed by atoms with E-state index in [1.54, 1.807) is 0 Å². The summed E-state index contributed by atoms with van der Waals surface area (Å²) in [6.07, 6.45) is 9.39. The molecule has 3 saturated carbocycles. The molecule has 0 aliphatic heterocycles. The topological polar surface area (TPSA) is 60.7 Å². The van der Waals surface area contributed by atoms with Crippen LogP contribution in [0.3, 0.4) is 0 Å². The van der Waals surface area contributed by atoms with Crippen molar-refractivity contribution in [1.82, 2.24) is 0 Å². The van der Waals surface area contributed by atoms with Gasteiger partial charge in [0, 0.05) is 0 Å². The Balaban J connectivity index is 1.86. The molecule has 3 nitrogen and oxygen atoms in total. The van der Waals surface area contributed by atoms with Gasteiger partial charge >= 0.3 is 0 Å². The molecule has 0 amide bonds. The third-order valence-electron chi connectivity index (χ3n) is 6.77. The Labute approximate surface area is 145 Å². The van der Waals surface area contributed by atoms with E-state index in [1.807, 2.05) is 6.92 Å². The van der Waals surface area contributed by atoms with Gasteiger partial charge in [-0.15, -0.1) is 0 Å². The Hall–Kier alpha value is -0.900. The van der Waals surface area contributed by atoms with Crippen LogP contribution in [0.2, 0.25) is 0 Å². The maximum atomic E-state index is 10.4. The monoisotopic (exact) mass is 332 g/mol. The molecule has 0 radical (unpaired) electrons. The molecule has 0 heterocycles. The fourth-order valence-electron chi connectivity index (χ4n) is 5.53. The van der Waals surface area contributed by atoms with Crippen LogP contribution in [0.4, 0.5) is 0 Å². The molecule has 3 rings (SSSR count). The van der Waals surface area contributed by atoms with Crippen LogP contribution in [0.25, 0.3) is 0 Å². The maximum Gasteiger partial charge on any atom is 0.0583 e. The Morgan fingerprint density at radius 3 is 2.58 bits per heavy atom. The van der Waals surface area contributed by atoms with Crippen molar-refractivity contribution in [1.29, 1.82) is 0 Å². The summed E-state index contributed by atoms with van der Waals surface area (Å²) in [5.41, 5.74) is 3.57. The summed E-state index contributed by atoms with van der Waals surface area (Å²) >= 11 is 0. The van der Waals surface area contributed by atoms with Gasteiger partial charge in [-0.3, -0.25) is 0 Å². The van der Waals surface area contributed by atoms with Crippen LogP contribution in [0.1, 0.15) is 58.8 Å². The van der Waals surface area contributed by atoms with Gasteiger partial charge in [-0.1, -0.05) is 36.8 Å². The summed E-state index contributed by atoms with van der Waals surface area (Å²) in [4.78, 5) is 0. The van der Waals surface area contributed by atoms with Crippen molar-refractivity contribution in [3.05, 3.63) is 35.5 Å². The first-order chi connectivity index (χ1) is 11.3. The molecule has 24 heavy (non-hydrogen) atoms. The third-order valence-corrected chi connectivity index (χ3v) is 6.77. The lowest BCUT2D eigenvalue weighted by Gasteiger charge is -2.45. The second-order valence-electron chi connectivity index (χ2n) is 8.48. The Kier molecular flexibility index (Phi) is 5.06. The Morgan fingerprint density at radius 2 is 1.88 bits per heavy atom. The zero-order valence-electron chi connectivity index (χ0n) is 15.0. The number of fused-ring (bicyclic) bond motifs is 1. The zero-order chi connectivity index (χ0) is 17.5. The molecule has 0 saturated heterocycles. The highest BCUT2D eigenvalue weighted by Gasteiger charge is 2.52. The molecule has 0 aromatic rings. The summed E-state index contributed by atoms with van der Waals surface area (Å²) in [6, 6.07) is 0. The first kappa shape index (κ1) is 17.9. The first-order valence-electron chi connectivity index (χ1n) is 9.43. The van der Waals surface area contributed by atoms with Gasteiger partial charge in [-0.25, -0.2) is 0 Å². The highest BCUT2D eigenvalue weighted by molar-refractivity contribution is 5.36. The summed E-state index contributed by atoms with van der Waals surface area (Å²) in [6.45, 7) is 8.26. The van der Waals surface area contributed by atoms with Crippen LogP contribution in [0.5, 0.6) is 0 Å². The average Bonchev–Trinajstić information content (AvgIpc) is 2.84. The van der Waals surface area contributed by atoms with Crippen molar-refractivity contribution in [2.75, 3.05) is 0 Å². The minimum absolute atomic E-state index is 0.0146. The summed E-state index contributed by atoms with van der Waals surface area (Å²) in [5.74, 6) is 0.708. The van der Waals surface area contributed by atoms with Crippen molar-refractivity contribution < 1.29 is 15.3 Å². The predicted molar refractivity (Wildman–Crippen MR) is 96.4 cm³/mol. The van der Waals surface area contributed by atoms with Crippen LogP contribution in [-0.2, 0) is 0 Å². The number of hydrogen-bond donors (Lipinski definition) is 3. The van der Waals surface area contributed by atoms with E-state index in [0.717, 1.165) is 49.7 Å². The van der Waals surface area contributed by atoms with E-state index in [9.17, 15) is 15.3 Å². The second kappa shape index (κ2) is 6.78. The van der Waals surface area contributed by atoms with Crippen LogP contribution < -0.4 is 0 Å². The van der Waals surface area contributed by atoms with E-state index < -0.39 is 0 Å². The van der Waals surface area contributed by atoms with Crippen molar-refractivity contribution in [3.8, 4) is 0 Å². The third kappa shape index (κ3) is 3.26. The zero-order valence-corrected chi connectivity index (χ0v) is 15.0. The van der Waals surface area contributed by atoms with Crippen LogP contribution in [-0.4, -0.2) is 33.6 Å². The van der Waals surface area contributed by atoms with Crippen molar-refractivity contribution in [2.45, 2.75) is 77.1 Å². The highest BCUT2D eigenvalue weighted by atomic mass is 16.3. The standard InChI is InChI=1S/C21H32O3/c1-13-4-7-17(23)10-15(13)5-6-16-11-18(24)12-21(3)19(14(2)22)8-9-20(16)21/h5-6,14,17-20,22-24H,1,4,7-12H2,2-3H3/b15-5-,16-6+/t14-,17+,18-,19+,20-,21+/m0/s1. The molecule has 0 bridgehead atoms. The van der Waals surface area contributed by atoms with Crippen molar-refractivity contribution >= 4 is 0 Å². The van der Waals surface area contributed by atoms with Gasteiger partial charge in [0.15, 0.2) is 0 Å². The molecule has 3 aliphatic rings. The molecule has 134 valence electrons. The summed E-state index contributed by atoms with van der Waals surface area (Å²) in [5, 5.41) is 30.5. The van der Waals surface area contributed by atoms with Crippen LogP contribution in [0.15, 0.2) is 35.5 Å². The van der Waals surface area contributed by atoms with E-state index >= 15 is 0 Å².